The van der Waals surface area contributed by atoms with E-state index in [-0.39, 0.29) is 48.5 Å². The van der Waals surface area contributed by atoms with Crippen LogP contribution in [0.3, 0.4) is 0 Å². The first kappa shape index (κ1) is 33.7. The molecule has 0 aromatic heterocycles. The molecule has 10 rings (SSSR count). The molecule has 4 atom stereocenters. The van der Waals surface area contributed by atoms with Crippen molar-refractivity contribution in [2.45, 2.75) is 124 Å². The van der Waals surface area contributed by atoms with Crippen LogP contribution in [0.15, 0.2) is 42.5 Å². The highest BCUT2D eigenvalue weighted by molar-refractivity contribution is 5.78. The molecule has 45 heavy (non-hydrogen) atoms. The largest absolute Gasteiger partial charge is 0.469 e. The minimum atomic E-state index is -0.199. The van der Waals surface area contributed by atoms with E-state index in [4.69, 9.17) is 9.47 Å². The van der Waals surface area contributed by atoms with Gasteiger partial charge in [0.2, 0.25) is 0 Å². The molecule has 0 aliphatic heterocycles. The Bertz CT molecular complexity index is 1410. The molecule has 0 radical (unpaired) electrons. The van der Waals surface area contributed by atoms with Crippen LogP contribution in [-0.2, 0) is 29.9 Å². The zero-order valence-electron chi connectivity index (χ0n) is 27.0. The average molecular weight is 615 g/mol. The molecule has 8 aliphatic rings. The lowest BCUT2D eigenvalue weighted by Crippen LogP contribution is -2.57. The second kappa shape index (κ2) is 11.9. The second-order valence-corrected chi connectivity index (χ2v) is 16.2. The van der Waals surface area contributed by atoms with Crippen LogP contribution in [0.1, 0.15) is 120 Å². The molecule has 0 heterocycles. The van der Waals surface area contributed by atoms with Gasteiger partial charge in [-0.3, -0.25) is 9.59 Å². The summed E-state index contributed by atoms with van der Waals surface area (Å²) in [4.78, 5) is 25.1. The Labute approximate surface area is 273 Å². The molecule has 0 N–H and O–H groups in total. The first-order valence-electron chi connectivity index (χ1n) is 16.8. The molecule has 8 bridgehead atoms. The molecule has 2 aromatic carbocycles. The average Bonchev–Trinajstić information content (AvgIpc) is 2.96. The molecule has 4 heteroatoms. The summed E-state index contributed by atoms with van der Waals surface area (Å²) in [5.74, 6) is 2.95. The summed E-state index contributed by atoms with van der Waals surface area (Å²) >= 11 is 0. The van der Waals surface area contributed by atoms with Gasteiger partial charge in [0, 0.05) is 0 Å². The predicted octanol–water partition coefficient (Wildman–Crippen LogP) is 9.59. The van der Waals surface area contributed by atoms with Gasteiger partial charge in [-0.2, -0.15) is 0 Å². The maximum absolute atomic E-state index is 12.6. The van der Waals surface area contributed by atoms with Gasteiger partial charge < -0.3 is 9.47 Å². The van der Waals surface area contributed by atoms with Crippen molar-refractivity contribution < 1.29 is 19.1 Å². The molecule has 246 valence electrons. The second-order valence-electron chi connectivity index (χ2n) is 16.2. The fourth-order valence-electron chi connectivity index (χ4n) is 12.4. The van der Waals surface area contributed by atoms with E-state index in [1.54, 1.807) is 14.2 Å². The number of esters is 2. The molecule has 0 saturated heterocycles. The molecule has 4 unspecified atom stereocenters. The van der Waals surface area contributed by atoms with Crippen molar-refractivity contribution in [2.75, 3.05) is 14.2 Å². The maximum atomic E-state index is 12.6. The Kier molecular flexibility index (Phi) is 8.90. The van der Waals surface area contributed by atoms with Crippen LogP contribution in [0.25, 0.3) is 0 Å². The molecule has 8 saturated carbocycles. The number of carbonyl (C=O) groups is 2. The van der Waals surface area contributed by atoms with Crippen LogP contribution in [0.5, 0.6) is 0 Å². The van der Waals surface area contributed by atoms with Gasteiger partial charge in [0.15, 0.2) is 0 Å². The van der Waals surface area contributed by atoms with Gasteiger partial charge in [0.25, 0.3) is 0 Å². The Morgan fingerprint density at radius 1 is 0.622 bits per heavy atom. The van der Waals surface area contributed by atoms with Crippen LogP contribution in [-0.4, -0.2) is 26.2 Å². The number of ether oxygens (including phenoxy) is 2. The van der Waals surface area contributed by atoms with Gasteiger partial charge in [-0.25, -0.2) is 0 Å². The monoisotopic (exact) mass is 614 g/mol. The van der Waals surface area contributed by atoms with E-state index in [0.29, 0.717) is 23.7 Å². The van der Waals surface area contributed by atoms with Crippen molar-refractivity contribution >= 4 is 11.9 Å². The summed E-state index contributed by atoms with van der Waals surface area (Å²) in [6, 6.07) is 15.8. The zero-order chi connectivity index (χ0) is 30.2. The standard InChI is InChI=1S/C20H26O2.C19H24O2.2CH4/c1-13-4-5-14(2)17(6-13)19-8-15-7-16(9-19)11-20(10-15,12-19)18(21)22-3;1-13-4-3-5-16(6-13)18-8-14-7-15(9-18)11-19(10-14,12-18)17(20)21-2;;/h4-6,15-16H,7-12H2,1-3H3;3-6,14-15H,7-12H2,1-2H3;2*1H4. The van der Waals surface area contributed by atoms with Gasteiger partial charge in [-0.15, -0.1) is 0 Å². The van der Waals surface area contributed by atoms with E-state index in [9.17, 15) is 9.59 Å². The molecule has 0 amide bonds. The fraction of sp³-hybridized carbons (Fsp3) is 0.659. The lowest BCUT2D eigenvalue weighted by Gasteiger charge is -2.61. The summed E-state index contributed by atoms with van der Waals surface area (Å²) in [7, 11) is 3.12. The molecule has 4 nitrogen and oxygen atoms in total. The third-order valence-electron chi connectivity index (χ3n) is 13.0. The van der Waals surface area contributed by atoms with E-state index in [1.165, 1.54) is 66.3 Å². The normalized spacial score (nSPS) is 37.9. The first-order valence-corrected chi connectivity index (χ1v) is 16.8. The summed E-state index contributed by atoms with van der Waals surface area (Å²) in [6.45, 7) is 6.58. The Balaban J connectivity index is 0.000000170. The number of hydrogen-bond acceptors (Lipinski definition) is 4. The third kappa shape index (κ3) is 5.46. The number of benzene rings is 2. The highest BCUT2D eigenvalue weighted by atomic mass is 16.5. The van der Waals surface area contributed by atoms with Crippen LogP contribution >= 0.6 is 0 Å². The number of hydrogen-bond donors (Lipinski definition) is 0. The van der Waals surface area contributed by atoms with Crippen molar-refractivity contribution in [3.05, 3.63) is 70.3 Å². The van der Waals surface area contributed by atoms with Gasteiger partial charge in [-0.05, 0) is 149 Å². The summed E-state index contributed by atoms with van der Waals surface area (Å²) in [6.07, 6.45) is 14.0. The lowest BCUT2D eigenvalue weighted by atomic mass is 9.42. The number of methoxy groups -OCH3 is 2. The zero-order valence-corrected chi connectivity index (χ0v) is 27.0. The number of carbonyl (C=O) groups excluding carboxylic acids is 2. The van der Waals surface area contributed by atoms with Crippen molar-refractivity contribution in [2.24, 2.45) is 34.5 Å². The van der Waals surface area contributed by atoms with Crippen LogP contribution in [0.2, 0.25) is 0 Å². The SMILES string of the molecule is C.C.COC(=O)C12CC3CC(C1)CC(c1cc(C)ccc1C)(C3)C2.COC(=O)C12CC3CC(C1)CC(c1cccc(C)c1)(C3)C2. The summed E-state index contributed by atoms with van der Waals surface area (Å²) < 4.78 is 10.4. The Morgan fingerprint density at radius 2 is 1.09 bits per heavy atom. The van der Waals surface area contributed by atoms with E-state index in [1.807, 2.05) is 0 Å². The van der Waals surface area contributed by atoms with Gasteiger partial charge in [0.05, 0.1) is 25.0 Å². The van der Waals surface area contributed by atoms with E-state index in [2.05, 4.69) is 63.2 Å². The minimum absolute atomic E-state index is 0. The smallest absolute Gasteiger partial charge is 0.311 e. The first-order chi connectivity index (χ1) is 20.5. The highest BCUT2D eigenvalue weighted by Gasteiger charge is 2.63. The van der Waals surface area contributed by atoms with E-state index in [0.717, 1.165) is 38.5 Å². The highest BCUT2D eigenvalue weighted by Crippen LogP contribution is 2.67. The van der Waals surface area contributed by atoms with Crippen LogP contribution in [0.4, 0.5) is 0 Å². The molecule has 0 spiro atoms. The molecular weight excluding hydrogens is 556 g/mol. The molecule has 8 fully saturated rings. The van der Waals surface area contributed by atoms with Crippen molar-refractivity contribution in [3.8, 4) is 0 Å². The van der Waals surface area contributed by atoms with E-state index >= 15 is 0 Å². The van der Waals surface area contributed by atoms with Crippen LogP contribution in [0, 0.1) is 55.3 Å². The fourth-order valence-corrected chi connectivity index (χ4v) is 12.4. The van der Waals surface area contributed by atoms with Crippen molar-refractivity contribution in [1.29, 1.82) is 0 Å². The van der Waals surface area contributed by atoms with Crippen molar-refractivity contribution in [1.82, 2.24) is 0 Å². The molecular formula is C41H58O4. The number of aryl methyl sites for hydroxylation is 3. The minimum Gasteiger partial charge on any atom is -0.469 e. The van der Waals surface area contributed by atoms with Gasteiger partial charge in [0.1, 0.15) is 0 Å². The van der Waals surface area contributed by atoms with E-state index < -0.39 is 0 Å². The topological polar surface area (TPSA) is 52.6 Å². The quantitative estimate of drug-likeness (QED) is 0.322. The predicted molar refractivity (Wildman–Crippen MR) is 182 cm³/mol. The maximum Gasteiger partial charge on any atom is 0.311 e. The summed E-state index contributed by atoms with van der Waals surface area (Å²) in [5, 5.41) is 0. The summed E-state index contributed by atoms with van der Waals surface area (Å²) in [5.41, 5.74) is 7.09. The third-order valence-corrected chi connectivity index (χ3v) is 13.0. The molecule has 8 aliphatic carbocycles. The Morgan fingerprint density at radius 3 is 1.58 bits per heavy atom. The number of rotatable bonds is 4. The van der Waals surface area contributed by atoms with Crippen LogP contribution < -0.4 is 0 Å². The molecule has 2 aromatic rings. The van der Waals surface area contributed by atoms with Crippen molar-refractivity contribution in [3.63, 3.8) is 0 Å². The Hall–Kier alpha value is -2.62. The lowest BCUT2D eigenvalue weighted by molar-refractivity contribution is -0.171. The van der Waals surface area contributed by atoms with Gasteiger partial charge >= 0.3 is 11.9 Å². The van der Waals surface area contributed by atoms with Gasteiger partial charge in [-0.1, -0.05) is 68.4 Å².